The molecule has 0 aliphatic rings. The highest BCUT2D eigenvalue weighted by molar-refractivity contribution is 5.37. The first-order chi connectivity index (χ1) is 7.40. The summed E-state index contributed by atoms with van der Waals surface area (Å²) in [5, 5.41) is 8.08. The predicted molar refractivity (Wildman–Crippen MR) is 57.1 cm³/mol. The van der Waals surface area contributed by atoms with Crippen molar-refractivity contribution in [2.75, 3.05) is 6.61 Å². The molecule has 15 heavy (non-hydrogen) atoms. The van der Waals surface area contributed by atoms with Crippen molar-refractivity contribution in [1.82, 2.24) is 15.0 Å². The SMILES string of the molecule is C=CCOc1cccc(-n2nccn2)c1. The Bertz CT molecular complexity index is 437. The van der Waals surface area contributed by atoms with Gasteiger partial charge in [-0.15, -0.1) is 0 Å². The lowest BCUT2D eigenvalue weighted by molar-refractivity contribution is 0.363. The molecule has 1 aromatic carbocycles. The van der Waals surface area contributed by atoms with E-state index in [4.69, 9.17) is 4.74 Å². The minimum absolute atomic E-state index is 0.496. The summed E-state index contributed by atoms with van der Waals surface area (Å²) in [5.41, 5.74) is 0.876. The Kier molecular flexibility index (Phi) is 2.78. The van der Waals surface area contributed by atoms with Crippen LogP contribution in [0.15, 0.2) is 49.3 Å². The fraction of sp³-hybridized carbons (Fsp3) is 0.0909. The molecule has 0 aliphatic carbocycles. The molecular formula is C11H11N3O. The Labute approximate surface area is 87.8 Å². The van der Waals surface area contributed by atoms with E-state index in [1.807, 2.05) is 24.3 Å². The van der Waals surface area contributed by atoms with Crippen LogP contribution in [0.5, 0.6) is 5.75 Å². The largest absolute Gasteiger partial charge is 0.489 e. The standard InChI is InChI=1S/C11H11N3O/c1-2-8-15-11-5-3-4-10(9-11)14-12-6-7-13-14/h2-7,9H,1,8H2. The highest BCUT2D eigenvalue weighted by Crippen LogP contribution is 2.15. The van der Waals surface area contributed by atoms with Gasteiger partial charge in [-0.1, -0.05) is 18.7 Å². The highest BCUT2D eigenvalue weighted by Gasteiger charge is 1.99. The van der Waals surface area contributed by atoms with Crippen molar-refractivity contribution in [3.05, 3.63) is 49.3 Å². The lowest BCUT2D eigenvalue weighted by Crippen LogP contribution is -1.99. The lowest BCUT2D eigenvalue weighted by atomic mass is 10.3. The number of rotatable bonds is 4. The van der Waals surface area contributed by atoms with Gasteiger partial charge in [0, 0.05) is 6.07 Å². The first-order valence-corrected chi connectivity index (χ1v) is 4.60. The van der Waals surface area contributed by atoms with Gasteiger partial charge in [0.1, 0.15) is 12.4 Å². The van der Waals surface area contributed by atoms with Crippen molar-refractivity contribution in [3.63, 3.8) is 0 Å². The molecule has 0 atom stereocenters. The molecule has 2 aromatic rings. The van der Waals surface area contributed by atoms with E-state index < -0.39 is 0 Å². The van der Waals surface area contributed by atoms with Crippen molar-refractivity contribution in [3.8, 4) is 11.4 Å². The second-order valence-corrected chi connectivity index (χ2v) is 2.92. The van der Waals surface area contributed by atoms with E-state index in [2.05, 4.69) is 16.8 Å². The zero-order chi connectivity index (χ0) is 10.5. The van der Waals surface area contributed by atoms with Crippen molar-refractivity contribution in [2.45, 2.75) is 0 Å². The molecule has 0 bridgehead atoms. The third-order valence-electron chi connectivity index (χ3n) is 1.84. The summed E-state index contributed by atoms with van der Waals surface area (Å²) < 4.78 is 5.41. The van der Waals surface area contributed by atoms with Gasteiger partial charge >= 0.3 is 0 Å². The van der Waals surface area contributed by atoms with Gasteiger partial charge in [0.2, 0.25) is 0 Å². The molecule has 0 aliphatic heterocycles. The predicted octanol–water partition coefficient (Wildman–Crippen LogP) is 1.83. The smallest absolute Gasteiger partial charge is 0.121 e. The van der Waals surface area contributed by atoms with Crippen LogP contribution >= 0.6 is 0 Å². The fourth-order valence-electron chi connectivity index (χ4n) is 1.20. The molecule has 4 heteroatoms. The summed E-state index contributed by atoms with van der Waals surface area (Å²) >= 11 is 0. The number of hydrogen-bond acceptors (Lipinski definition) is 3. The van der Waals surface area contributed by atoms with Crippen molar-refractivity contribution in [2.24, 2.45) is 0 Å². The van der Waals surface area contributed by atoms with Gasteiger partial charge in [0.25, 0.3) is 0 Å². The molecule has 4 nitrogen and oxygen atoms in total. The van der Waals surface area contributed by atoms with Crippen molar-refractivity contribution in [1.29, 1.82) is 0 Å². The Balaban J connectivity index is 2.23. The van der Waals surface area contributed by atoms with Gasteiger partial charge < -0.3 is 4.74 Å². The maximum Gasteiger partial charge on any atom is 0.121 e. The second kappa shape index (κ2) is 4.41. The number of benzene rings is 1. The van der Waals surface area contributed by atoms with Crippen LogP contribution in [0.1, 0.15) is 0 Å². The van der Waals surface area contributed by atoms with Crippen LogP contribution in [0.25, 0.3) is 5.69 Å². The van der Waals surface area contributed by atoms with Crippen LogP contribution in [0.4, 0.5) is 0 Å². The molecule has 0 N–H and O–H groups in total. The number of ether oxygens (including phenoxy) is 1. The van der Waals surface area contributed by atoms with Gasteiger partial charge in [0.15, 0.2) is 0 Å². The molecule has 2 rings (SSSR count). The quantitative estimate of drug-likeness (QED) is 0.708. The van der Waals surface area contributed by atoms with Crippen LogP contribution in [0.3, 0.4) is 0 Å². The van der Waals surface area contributed by atoms with Crippen LogP contribution in [0, 0.1) is 0 Å². The average Bonchev–Trinajstić information content (AvgIpc) is 2.80. The normalized spacial score (nSPS) is 9.87. The number of hydrogen-bond donors (Lipinski definition) is 0. The highest BCUT2D eigenvalue weighted by atomic mass is 16.5. The minimum Gasteiger partial charge on any atom is -0.489 e. The first kappa shape index (κ1) is 9.45. The van der Waals surface area contributed by atoms with Gasteiger partial charge in [-0.2, -0.15) is 15.0 Å². The molecule has 0 radical (unpaired) electrons. The zero-order valence-corrected chi connectivity index (χ0v) is 8.21. The molecule has 0 saturated carbocycles. The Morgan fingerprint density at radius 1 is 1.33 bits per heavy atom. The van der Waals surface area contributed by atoms with Gasteiger partial charge in [0.05, 0.1) is 18.1 Å². The second-order valence-electron chi connectivity index (χ2n) is 2.92. The van der Waals surface area contributed by atoms with E-state index in [-0.39, 0.29) is 0 Å². The summed E-state index contributed by atoms with van der Waals surface area (Å²) in [4.78, 5) is 1.54. The monoisotopic (exact) mass is 201 g/mol. The first-order valence-electron chi connectivity index (χ1n) is 4.60. The molecule has 0 saturated heterocycles. The molecule has 0 unspecified atom stereocenters. The zero-order valence-electron chi connectivity index (χ0n) is 8.21. The van der Waals surface area contributed by atoms with E-state index in [0.29, 0.717) is 6.61 Å². The number of nitrogens with zero attached hydrogens (tertiary/aromatic N) is 3. The molecule has 1 aromatic heterocycles. The average molecular weight is 201 g/mol. The molecule has 0 spiro atoms. The van der Waals surface area contributed by atoms with Crippen molar-refractivity contribution >= 4 is 0 Å². The molecule has 1 heterocycles. The van der Waals surface area contributed by atoms with Crippen LogP contribution in [-0.4, -0.2) is 21.6 Å². The summed E-state index contributed by atoms with van der Waals surface area (Å²) in [6.07, 6.45) is 4.98. The molecule has 0 amide bonds. The third kappa shape index (κ3) is 2.22. The van der Waals surface area contributed by atoms with Crippen LogP contribution < -0.4 is 4.74 Å². The summed E-state index contributed by atoms with van der Waals surface area (Å²) in [6, 6.07) is 7.58. The van der Waals surface area contributed by atoms with Gasteiger partial charge in [-0.05, 0) is 12.1 Å². The summed E-state index contributed by atoms with van der Waals surface area (Å²) in [5.74, 6) is 0.782. The Morgan fingerprint density at radius 2 is 2.13 bits per heavy atom. The Morgan fingerprint density at radius 3 is 2.87 bits per heavy atom. The van der Waals surface area contributed by atoms with E-state index in [0.717, 1.165) is 11.4 Å². The van der Waals surface area contributed by atoms with E-state index >= 15 is 0 Å². The summed E-state index contributed by atoms with van der Waals surface area (Å²) in [7, 11) is 0. The van der Waals surface area contributed by atoms with E-state index in [1.54, 1.807) is 23.3 Å². The van der Waals surface area contributed by atoms with Gasteiger partial charge in [-0.25, -0.2) is 0 Å². The maximum atomic E-state index is 5.41. The molecule has 0 fully saturated rings. The molecule has 76 valence electrons. The van der Waals surface area contributed by atoms with Crippen molar-refractivity contribution < 1.29 is 4.74 Å². The van der Waals surface area contributed by atoms with E-state index in [9.17, 15) is 0 Å². The summed E-state index contributed by atoms with van der Waals surface area (Å²) in [6.45, 7) is 4.09. The van der Waals surface area contributed by atoms with Crippen LogP contribution in [0.2, 0.25) is 0 Å². The lowest BCUT2D eigenvalue weighted by Gasteiger charge is -2.04. The third-order valence-corrected chi connectivity index (χ3v) is 1.84. The minimum atomic E-state index is 0.496. The Hall–Kier alpha value is -2.10. The number of aromatic nitrogens is 3. The van der Waals surface area contributed by atoms with Crippen LogP contribution in [-0.2, 0) is 0 Å². The topological polar surface area (TPSA) is 39.9 Å². The van der Waals surface area contributed by atoms with E-state index in [1.165, 1.54) is 0 Å². The molecular weight excluding hydrogens is 190 g/mol. The fourth-order valence-corrected chi connectivity index (χ4v) is 1.20. The maximum absolute atomic E-state index is 5.41. The van der Waals surface area contributed by atoms with Gasteiger partial charge in [-0.3, -0.25) is 0 Å².